The molecule has 1 aromatic rings. The second kappa shape index (κ2) is 6.43. The lowest BCUT2D eigenvalue weighted by molar-refractivity contribution is 0.465. The highest BCUT2D eigenvalue weighted by Crippen LogP contribution is 2.22. The molecule has 0 amide bonds. The van der Waals surface area contributed by atoms with Gasteiger partial charge < -0.3 is 10.8 Å². The number of benzene rings is 1. The van der Waals surface area contributed by atoms with E-state index in [0.29, 0.717) is 12.0 Å². The summed E-state index contributed by atoms with van der Waals surface area (Å²) < 4.78 is 13.3. The number of aromatic hydroxyl groups is 1. The van der Waals surface area contributed by atoms with E-state index in [4.69, 9.17) is 10.8 Å². The average Bonchev–Trinajstić information content (AvgIpc) is 2.14. The summed E-state index contributed by atoms with van der Waals surface area (Å²) in [5.41, 5.74) is 6.20. The molecular formula is C11H15ClFNO. The van der Waals surface area contributed by atoms with Crippen molar-refractivity contribution in [2.75, 3.05) is 0 Å². The molecule has 0 aliphatic rings. The van der Waals surface area contributed by atoms with E-state index < -0.39 is 5.82 Å². The molecule has 4 heteroatoms. The summed E-state index contributed by atoms with van der Waals surface area (Å²) in [7, 11) is 0. The maximum absolute atomic E-state index is 13.3. The molecule has 0 aliphatic heterocycles. The normalized spacial score (nSPS) is 11.6. The van der Waals surface area contributed by atoms with Gasteiger partial charge in [-0.05, 0) is 18.9 Å². The lowest BCUT2D eigenvalue weighted by Gasteiger charge is -2.11. The van der Waals surface area contributed by atoms with E-state index in [1.54, 1.807) is 6.08 Å². The van der Waals surface area contributed by atoms with Crippen molar-refractivity contribution >= 4 is 12.4 Å². The Hall–Kier alpha value is -1.06. The van der Waals surface area contributed by atoms with Gasteiger partial charge in [0.25, 0.3) is 0 Å². The Bertz CT molecular complexity index is 330. The molecular weight excluding hydrogens is 217 g/mol. The molecule has 2 nitrogen and oxygen atoms in total. The quantitative estimate of drug-likeness (QED) is 0.783. The molecule has 1 atom stereocenters. The zero-order chi connectivity index (χ0) is 10.6. The monoisotopic (exact) mass is 231 g/mol. The van der Waals surface area contributed by atoms with Crippen molar-refractivity contribution in [1.29, 1.82) is 0 Å². The molecule has 0 radical (unpaired) electrons. The fraction of sp³-hybridized carbons (Fsp3) is 0.273. The molecule has 1 aromatic carbocycles. The first kappa shape index (κ1) is 13.9. The summed E-state index contributed by atoms with van der Waals surface area (Å²) in [6, 6.07) is 3.68. The van der Waals surface area contributed by atoms with Crippen molar-refractivity contribution in [1.82, 2.24) is 0 Å². The maximum Gasteiger partial charge on any atom is 0.131 e. The number of hydrogen-bond donors (Lipinski definition) is 2. The minimum absolute atomic E-state index is 0. The maximum atomic E-state index is 13.3. The van der Waals surface area contributed by atoms with E-state index in [1.165, 1.54) is 12.1 Å². The number of allylic oxidation sites excluding steroid dienone is 1. The second-order valence-electron chi connectivity index (χ2n) is 3.18. The Morgan fingerprint density at radius 1 is 1.53 bits per heavy atom. The summed E-state index contributed by atoms with van der Waals surface area (Å²) in [5.74, 6) is -0.538. The average molecular weight is 232 g/mol. The summed E-state index contributed by atoms with van der Waals surface area (Å²) in [6.45, 7) is 3.57. The van der Waals surface area contributed by atoms with Gasteiger partial charge in [-0.25, -0.2) is 4.39 Å². The Labute approximate surface area is 95.0 Å². The van der Waals surface area contributed by atoms with Gasteiger partial charge in [0.2, 0.25) is 0 Å². The van der Waals surface area contributed by atoms with Gasteiger partial charge >= 0.3 is 0 Å². The van der Waals surface area contributed by atoms with Gasteiger partial charge in [0, 0.05) is 17.7 Å². The molecule has 0 spiro atoms. The minimum atomic E-state index is -0.457. The summed E-state index contributed by atoms with van der Waals surface area (Å²) >= 11 is 0. The molecule has 0 aromatic heterocycles. The number of rotatable bonds is 4. The number of halogens is 2. The van der Waals surface area contributed by atoms with Gasteiger partial charge in [-0.1, -0.05) is 12.1 Å². The SMILES string of the molecule is C=CCC[C@@H](N)c1ccc(O)cc1F.Cl. The van der Waals surface area contributed by atoms with Gasteiger partial charge in [-0.3, -0.25) is 0 Å². The first-order valence-corrected chi connectivity index (χ1v) is 4.50. The van der Waals surface area contributed by atoms with Crippen LogP contribution in [0.25, 0.3) is 0 Å². The topological polar surface area (TPSA) is 46.2 Å². The van der Waals surface area contributed by atoms with Crippen LogP contribution in [0, 0.1) is 5.82 Å². The third-order valence-electron chi connectivity index (χ3n) is 2.07. The highest BCUT2D eigenvalue weighted by molar-refractivity contribution is 5.85. The summed E-state index contributed by atoms with van der Waals surface area (Å²) in [5, 5.41) is 9.00. The third kappa shape index (κ3) is 3.90. The number of nitrogens with two attached hydrogens (primary N) is 1. The molecule has 15 heavy (non-hydrogen) atoms. The summed E-state index contributed by atoms with van der Waals surface area (Å²) in [6.07, 6.45) is 3.16. The van der Waals surface area contributed by atoms with E-state index in [-0.39, 0.29) is 24.2 Å². The van der Waals surface area contributed by atoms with Crippen molar-refractivity contribution in [2.45, 2.75) is 18.9 Å². The first-order chi connectivity index (χ1) is 6.65. The Morgan fingerprint density at radius 2 is 2.20 bits per heavy atom. The molecule has 3 N–H and O–H groups in total. The van der Waals surface area contributed by atoms with Gasteiger partial charge in [-0.15, -0.1) is 19.0 Å². The molecule has 0 saturated heterocycles. The van der Waals surface area contributed by atoms with Gasteiger partial charge in [0.1, 0.15) is 11.6 Å². The van der Waals surface area contributed by atoms with Gasteiger partial charge in [0.05, 0.1) is 0 Å². The molecule has 0 aliphatic carbocycles. The van der Waals surface area contributed by atoms with Crippen LogP contribution in [0.5, 0.6) is 5.75 Å². The van der Waals surface area contributed by atoms with E-state index >= 15 is 0 Å². The van der Waals surface area contributed by atoms with Crippen molar-refractivity contribution < 1.29 is 9.50 Å². The van der Waals surface area contributed by atoms with E-state index in [9.17, 15) is 4.39 Å². The predicted molar refractivity (Wildman–Crippen MR) is 61.7 cm³/mol. The van der Waals surface area contributed by atoms with Gasteiger partial charge in [-0.2, -0.15) is 0 Å². The zero-order valence-electron chi connectivity index (χ0n) is 8.32. The summed E-state index contributed by atoms with van der Waals surface area (Å²) in [4.78, 5) is 0. The Balaban J connectivity index is 0.00000196. The molecule has 84 valence electrons. The van der Waals surface area contributed by atoms with Crippen LogP contribution >= 0.6 is 12.4 Å². The number of phenolic OH excluding ortho intramolecular Hbond substituents is 1. The lowest BCUT2D eigenvalue weighted by Crippen LogP contribution is -2.11. The van der Waals surface area contributed by atoms with E-state index in [1.807, 2.05) is 0 Å². The van der Waals surface area contributed by atoms with Gasteiger partial charge in [0.15, 0.2) is 0 Å². The van der Waals surface area contributed by atoms with Crippen molar-refractivity contribution in [3.63, 3.8) is 0 Å². The highest BCUT2D eigenvalue weighted by Gasteiger charge is 2.10. The van der Waals surface area contributed by atoms with Crippen LogP contribution < -0.4 is 5.73 Å². The van der Waals surface area contributed by atoms with Crippen LogP contribution in [0.3, 0.4) is 0 Å². The zero-order valence-corrected chi connectivity index (χ0v) is 9.14. The van der Waals surface area contributed by atoms with Crippen LogP contribution in [0.2, 0.25) is 0 Å². The minimum Gasteiger partial charge on any atom is -0.508 e. The number of hydrogen-bond acceptors (Lipinski definition) is 2. The smallest absolute Gasteiger partial charge is 0.131 e. The predicted octanol–water partition coefficient (Wildman–Crippen LogP) is 2.92. The number of phenols is 1. The van der Waals surface area contributed by atoms with E-state index in [0.717, 1.165) is 12.5 Å². The van der Waals surface area contributed by atoms with Crippen LogP contribution in [0.4, 0.5) is 4.39 Å². The van der Waals surface area contributed by atoms with Crippen LogP contribution in [0.1, 0.15) is 24.4 Å². The molecule has 1 rings (SSSR count). The molecule has 0 saturated carbocycles. The largest absolute Gasteiger partial charge is 0.508 e. The highest BCUT2D eigenvalue weighted by atomic mass is 35.5. The second-order valence-corrected chi connectivity index (χ2v) is 3.18. The standard InChI is InChI=1S/C11H14FNO.ClH/c1-2-3-4-11(13)9-6-5-8(14)7-10(9)12;/h2,5-7,11,14H,1,3-4,13H2;1H/t11-;/m1./s1. The Morgan fingerprint density at radius 3 is 2.73 bits per heavy atom. The van der Waals surface area contributed by atoms with Crippen molar-refractivity contribution in [3.8, 4) is 5.75 Å². The molecule has 0 unspecified atom stereocenters. The lowest BCUT2D eigenvalue weighted by atomic mass is 10.0. The van der Waals surface area contributed by atoms with Crippen LogP contribution in [-0.2, 0) is 0 Å². The van der Waals surface area contributed by atoms with E-state index in [2.05, 4.69) is 6.58 Å². The fourth-order valence-electron chi connectivity index (χ4n) is 1.27. The van der Waals surface area contributed by atoms with Crippen molar-refractivity contribution in [2.24, 2.45) is 5.73 Å². The van der Waals surface area contributed by atoms with Crippen LogP contribution in [0.15, 0.2) is 30.9 Å². The molecule has 0 bridgehead atoms. The first-order valence-electron chi connectivity index (χ1n) is 4.50. The fourth-order valence-corrected chi connectivity index (χ4v) is 1.27. The van der Waals surface area contributed by atoms with Crippen LogP contribution in [-0.4, -0.2) is 5.11 Å². The molecule has 0 heterocycles. The Kier molecular flexibility index (Phi) is 5.97. The third-order valence-corrected chi connectivity index (χ3v) is 2.07. The molecule has 0 fully saturated rings. The van der Waals surface area contributed by atoms with Crippen molar-refractivity contribution in [3.05, 3.63) is 42.2 Å².